The number of nitrogens with one attached hydrogen (secondary N) is 1. The van der Waals surface area contributed by atoms with Crippen molar-refractivity contribution in [1.82, 2.24) is 9.97 Å². The molecule has 0 saturated heterocycles. The van der Waals surface area contributed by atoms with Gasteiger partial charge in [-0.25, -0.2) is 9.97 Å². The number of carbonyl (C=O) groups is 1. The quantitative estimate of drug-likeness (QED) is 0.773. The number of para-hydroxylation sites is 1. The van der Waals surface area contributed by atoms with Gasteiger partial charge < -0.3 is 10.2 Å². The molecule has 0 bridgehead atoms. The van der Waals surface area contributed by atoms with E-state index in [0.717, 1.165) is 29.9 Å². The number of aromatic nitrogens is 2. The van der Waals surface area contributed by atoms with Crippen molar-refractivity contribution >= 4 is 34.8 Å². The minimum Gasteiger partial charge on any atom is -0.320 e. The van der Waals surface area contributed by atoms with Crippen LogP contribution in [0.15, 0.2) is 60.9 Å². The topological polar surface area (TPSA) is 58.1 Å². The highest BCUT2D eigenvalue weighted by Gasteiger charge is 2.26. The number of carbonyl (C=O) groups excluding carboxylic acids is 1. The zero-order valence-electron chi connectivity index (χ0n) is 13.3. The molecule has 124 valence electrons. The first-order valence-electron chi connectivity index (χ1n) is 7.96. The Kier molecular flexibility index (Phi) is 4.07. The van der Waals surface area contributed by atoms with Crippen LogP contribution < -0.4 is 10.2 Å². The summed E-state index contributed by atoms with van der Waals surface area (Å²) in [5, 5.41) is 3.52. The number of nitrogens with zero attached hydrogens (tertiary/aromatic N) is 3. The van der Waals surface area contributed by atoms with E-state index in [1.54, 1.807) is 42.7 Å². The van der Waals surface area contributed by atoms with Gasteiger partial charge in [-0.05, 0) is 42.3 Å². The van der Waals surface area contributed by atoms with E-state index < -0.39 is 0 Å². The smallest absolute Gasteiger partial charge is 0.255 e. The van der Waals surface area contributed by atoms with Gasteiger partial charge in [-0.3, -0.25) is 4.79 Å². The second-order valence-corrected chi connectivity index (χ2v) is 6.16. The van der Waals surface area contributed by atoms with Crippen LogP contribution in [0.5, 0.6) is 0 Å². The van der Waals surface area contributed by atoms with E-state index in [1.165, 1.54) is 0 Å². The first-order valence-corrected chi connectivity index (χ1v) is 8.33. The summed E-state index contributed by atoms with van der Waals surface area (Å²) < 4.78 is 0. The molecule has 1 aliphatic rings. The van der Waals surface area contributed by atoms with Crippen molar-refractivity contribution in [2.75, 3.05) is 16.8 Å². The van der Waals surface area contributed by atoms with Crippen molar-refractivity contribution in [3.05, 3.63) is 77.1 Å². The molecule has 0 aliphatic carbocycles. The number of amides is 1. The zero-order valence-corrected chi connectivity index (χ0v) is 14.1. The monoisotopic (exact) mass is 350 g/mol. The third-order valence-electron chi connectivity index (χ3n) is 4.12. The molecule has 6 heteroatoms. The summed E-state index contributed by atoms with van der Waals surface area (Å²) in [7, 11) is 0. The Bertz CT molecular complexity index is 930. The summed E-state index contributed by atoms with van der Waals surface area (Å²) in [6.45, 7) is 0.781. The van der Waals surface area contributed by atoms with Crippen LogP contribution in [0.2, 0.25) is 5.02 Å². The van der Waals surface area contributed by atoms with Gasteiger partial charge in [0.15, 0.2) is 0 Å². The van der Waals surface area contributed by atoms with Crippen LogP contribution >= 0.6 is 11.6 Å². The zero-order chi connectivity index (χ0) is 17.2. The predicted molar refractivity (Wildman–Crippen MR) is 98.6 cm³/mol. The minimum absolute atomic E-state index is 0.197. The molecule has 3 aromatic rings. The van der Waals surface area contributed by atoms with E-state index >= 15 is 0 Å². The molecule has 2 aromatic carbocycles. The Morgan fingerprint density at radius 2 is 1.88 bits per heavy atom. The van der Waals surface area contributed by atoms with Crippen LogP contribution in [0, 0.1) is 0 Å². The van der Waals surface area contributed by atoms with E-state index in [2.05, 4.69) is 21.4 Å². The Morgan fingerprint density at radius 1 is 1.08 bits per heavy atom. The molecule has 0 unspecified atom stereocenters. The maximum atomic E-state index is 12.6. The van der Waals surface area contributed by atoms with Crippen molar-refractivity contribution in [2.24, 2.45) is 0 Å². The second kappa shape index (κ2) is 6.53. The van der Waals surface area contributed by atoms with Crippen LogP contribution in [-0.4, -0.2) is 22.4 Å². The highest BCUT2D eigenvalue weighted by atomic mass is 35.5. The molecule has 2 heterocycles. The van der Waals surface area contributed by atoms with Crippen molar-refractivity contribution in [2.45, 2.75) is 6.42 Å². The number of fused-ring (bicyclic) bond motifs is 1. The van der Waals surface area contributed by atoms with Gasteiger partial charge in [0.2, 0.25) is 5.95 Å². The fourth-order valence-corrected chi connectivity index (χ4v) is 3.20. The number of rotatable bonds is 3. The van der Waals surface area contributed by atoms with Crippen LogP contribution in [0.3, 0.4) is 0 Å². The van der Waals surface area contributed by atoms with Gasteiger partial charge in [-0.15, -0.1) is 0 Å². The minimum atomic E-state index is -0.197. The standard InChI is InChI=1S/C19H15ClN4O/c20-15-6-1-5-14(12-15)18(25)23-16-7-2-4-13-8-11-24(17(13)16)19-21-9-3-10-22-19/h1-7,9-10,12H,8,11H2,(H,23,25). The van der Waals surface area contributed by atoms with E-state index in [0.29, 0.717) is 16.5 Å². The summed E-state index contributed by atoms with van der Waals surface area (Å²) in [5.41, 5.74) is 3.37. The number of halogens is 1. The summed E-state index contributed by atoms with van der Waals surface area (Å²) in [6, 6.07) is 14.6. The molecule has 5 nitrogen and oxygen atoms in total. The van der Waals surface area contributed by atoms with Crippen LogP contribution in [0.25, 0.3) is 0 Å². The maximum Gasteiger partial charge on any atom is 0.255 e. The lowest BCUT2D eigenvalue weighted by atomic mass is 10.1. The van der Waals surface area contributed by atoms with Gasteiger partial charge in [0, 0.05) is 29.5 Å². The van der Waals surface area contributed by atoms with E-state index in [1.807, 2.05) is 17.0 Å². The molecule has 1 aromatic heterocycles. The number of hydrogen-bond acceptors (Lipinski definition) is 4. The van der Waals surface area contributed by atoms with Gasteiger partial charge in [-0.1, -0.05) is 29.8 Å². The highest BCUT2D eigenvalue weighted by molar-refractivity contribution is 6.31. The molecule has 4 rings (SSSR count). The van der Waals surface area contributed by atoms with Crippen LogP contribution in [0.4, 0.5) is 17.3 Å². The predicted octanol–water partition coefficient (Wildman–Crippen LogP) is 4.08. The van der Waals surface area contributed by atoms with Gasteiger partial charge >= 0.3 is 0 Å². The lowest BCUT2D eigenvalue weighted by molar-refractivity contribution is 0.102. The first-order chi connectivity index (χ1) is 12.2. The number of hydrogen-bond donors (Lipinski definition) is 1. The SMILES string of the molecule is O=C(Nc1cccc2c1N(c1ncccn1)CC2)c1cccc(Cl)c1. The van der Waals surface area contributed by atoms with Gasteiger partial charge in [0.1, 0.15) is 0 Å². The van der Waals surface area contributed by atoms with E-state index in [4.69, 9.17) is 11.6 Å². The first kappa shape index (κ1) is 15.6. The molecule has 25 heavy (non-hydrogen) atoms. The summed E-state index contributed by atoms with van der Waals surface area (Å²) >= 11 is 5.98. The third-order valence-corrected chi connectivity index (χ3v) is 4.36. The molecular formula is C19H15ClN4O. The van der Waals surface area contributed by atoms with Crippen molar-refractivity contribution < 1.29 is 4.79 Å². The van der Waals surface area contributed by atoms with Crippen molar-refractivity contribution in [3.63, 3.8) is 0 Å². The highest BCUT2D eigenvalue weighted by Crippen LogP contribution is 2.38. The lowest BCUT2D eigenvalue weighted by Crippen LogP contribution is -2.19. The van der Waals surface area contributed by atoms with Crippen LogP contribution in [0.1, 0.15) is 15.9 Å². The average molecular weight is 351 g/mol. The van der Waals surface area contributed by atoms with E-state index in [-0.39, 0.29) is 5.91 Å². The normalized spacial score (nSPS) is 12.8. The molecular weight excluding hydrogens is 336 g/mol. The molecule has 0 radical (unpaired) electrons. The summed E-state index contributed by atoms with van der Waals surface area (Å²) in [5.74, 6) is 0.433. The fraction of sp³-hybridized carbons (Fsp3) is 0.105. The van der Waals surface area contributed by atoms with Gasteiger partial charge in [0.25, 0.3) is 5.91 Å². The Morgan fingerprint density at radius 3 is 2.68 bits per heavy atom. The second-order valence-electron chi connectivity index (χ2n) is 5.73. The molecule has 0 atom stereocenters. The Hall–Kier alpha value is -2.92. The molecule has 0 fully saturated rings. The molecule has 0 saturated carbocycles. The number of anilines is 3. The van der Waals surface area contributed by atoms with Gasteiger partial charge in [0.05, 0.1) is 11.4 Å². The van der Waals surface area contributed by atoms with Crippen molar-refractivity contribution in [1.29, 1.82) is 0 Å². The van der Waals surface area contributed by atoms with Gasteiger partial charge in [-0.2, -0.15) is 0 Å². The Balaban J connectivity index is 1.68. The fourth-order valence-electron chi connectivity index (χ4n) is 3.01. The largest absolute Gasteiger partial charge is 0.320 e. The average Bonchev–Trinajstić information content (AvgIpc) is 3.08. The summed E-state index contributed by atoms with van der Waals surface area (Å²) in [6.07, 6.45) is 4.31. The molecule has 0 spiro atoms. The van der Waals surface area contributed by atoms with Crippen molar-refractivity contribution in [3.8, 4) is 0 Å². The number of benzene rings is 2. The van der Waals surface area contributed by atoms with E-state index in [9.17, 15) is 4.79 Å². The molecule has 1 aliphatic heterocycles. The third kappa shape index (κ3) is 3.06. The Labute approximate surface area is 150 Å². The molecule has 1 amide bonds. The summed E-state index contributed by atoms with van der Waals surface area (Å²) in [4.78, 5) is 23.3. The lowest BCUT2D eigenvalue weighted by Gasteiger charge is -2.20. The van der Waals surface area contributed by atoms with Crippen LogP contribution in [-0.2, 0) is 6.42 Å². The molecule has 1 N–H and O–H groups in total. The maximum absolute atomic E-state index is 12.6.